The molecule has 16 heteroatoms. The number of likely N-dealkylation sites (tertiary alicyclic amines) is 1. The number of halogens is 8. The number of aromatic nitrogens is 1. The largest absolute Gasteiger partial charge is 0.507 e. The van der Waals surface area contributed by atoms with E-state index in [0.717, 1.165) is 18.3 Å². The predicted octanol–water partition coefficient (Wildman–Crippen LogP) is 7.84. The first-order valence-electron chi connectivity index (χ1n) is 16.4. The number of aryl methyl sites for hydroxylation is 1. The fourth-order valence-corrected chi connectivity index (χ4v) is 6.89. The highest BCUT2D eigenvalue weighted by molar-refractivity contribution is 9.10. The molecule has 4 aromatic rings. The number of ether oxygens (including phenoxy) is 1. The smallest absolute Gasteiger partial charge is 0.416 e. The number of phenols is 1. The first-order chi connectivity index (χ1) is 25.0. The molecule has 5 rings (SSSR count). The van der Waals surface area contributed by atoms with Gasteiger partial charge in [-0.2, -0.15) is 13.2 Å². The number of aromatic hydroxyl groups is 1. The predicted molar refractivity (Wildman–Crippen MR) is 188 cm³/mol. The molecule has 1 fully saturated rings. The minimum atomic E-state index is -4.98. The van der Waals surface area contributed by atoms with Gasteiger partial charge in [-0.05, 0) is 79.4 Å². The molecule has 0 saturated carbocycles. The van der Waals surface area contributed by atoms with Crippen molar-refractivity contribution < 1.29 is 45.8 Å². The summed E-state index contributed by atoms with van der Waals surface area (Å²) in [5, 5.41) is 13.2. The first kappa shape index (κ1) is 39.9. The SMILES string of the molecule is CCOC(=O)C[C@H](NC(=O)C(c1cc(Br)ccc1F)n1cc(CCN2CC(F)C2)c(C(F)(F)F)cc1=O)c1cc(-c2c(O)cccc2Cl)cc(C)c1F. The van der Waals surface area contributed by atoms with Gasteiger partial charge in [0, 0.05) is 53.1 Å². The summed E-state index contributed by atoms with van der Waals surface area (Å²) < 4.78 is 93.6. The molecule has 0 radical (unpaired) electrons. The van der Waals surface area contributed by atoms with E-state index in [9.17, 15) is 37.1 Å². The zero-order valence-electron chi connectivity index (χ0n) is 28.2. The lowest BCUT2D eigenvalue weighted by molar-refractivity contribution is -0.144. The lowest BCUT2D eigenvalue weighted by Crippen LogP contribution is -2.49. The summed E-state index contributed by atoms with van der Waals surface area (Å²) in [5.41, 5.74) is -3.34. The van der Waals surface area contributed by atoms with Crippen LogP contribution in [0.3, 0.4) is 0 Å². The van der Waals surface area contributed by atoms with Crippen molar-refractivity contribution in [1.29, 1.82) is 0 Å². The number of nitrogens with zero attached hydrogens (tertiary/aromatic N) is 2. The third kappa shape index (κ3) is 9.07. The maximum absolute atomic E-state index is 16.0. The topological polar surface area (TPSA) is 101 Å². The van der Waals surface area contributed by atoms with Gasteiger partial charge in [0.1, 0.15) is 29.6 Å². The highest BCUT2D eigenvalue weighted by Gasteiger charge is 2.37. The van der Waals surface area contributed by atoms with E-state index in [4.69, 9.17) is 16.3 Å². The Morgan fingerprint density at radius 3 is 2.45 bits per heavy atom. The molecule has 0 aliphatic carbocycles. The quantitative estimate of drug-likeness (QED) is 0.112. The minimum Gasteiger partial charge on any atom is -0.507 e. The summed E-state index contributed by atoms with van der Waals surface area (Å²) in [6.45, 7) is 2.88. The number of rotatable bonds is 12. The van der Waals surface area contributed by atoms with E-state index in [-0.39, 0.29) is 70.2 Å². The van der Waals surface area contributed by atoms with E-state index in [2.05, 4.69) is 21.2 Å². The normalized spacial score (nSPS) is 14.8. The van der Waals surface area contributed by atoms with Crippen LogP contribution in [0.5, 0.6) is 5.75 Å². The molecule has 1 aliphatic rings. The Morgan fingerprint density at radius 1 is 1.09 bits per heavy atom. The molecule has 0 spiro atoms. The summed E-state index contributed by atoms with van der Waals surface area (Å²) in [6, 6.07) is 7.19. The Morgan fingerprint density at radius 2 is 1.81 bits per heavy atom. The number of pyridine rings is 1. The Bertz CT molecular complexity index is 2070. The van der Waals surface area contributed by atoms with Gasteiger partial charge in [-0.15, -0.1) is 0 Å². The number of hydrogen-bond acceptors (Lipinski definition) is 6. The molecule has 2 N–H and O–H groups in total. The van der Waals surface area contributed by atoms with Crippen LogP contribution < -0.4 is 10.9 Å². The molecular weight excluding hydrogens is 796 g/mol. The van der Waals surface area contributed by atoms with E-state index in [1.165, 1.54) is 50.2 Å². The van der Waals surface area contributed by atoms with Crippen molar-refractivity contribution in [3.8, 4) is 16.9 Å². The van der Waals surface area contributed by atoms with Crippen LogP contribution >= 0.6 is 27.5 Å². The van der Waals surface area contributed by atoms with E-state index in [1.807, 2.05) is 0 Å². The maximum Gasteiger partial charge on any atom is 0.416 e. The van der Waals surface area contributed by atoms with Gasteiger partial charge in [-0.1, -0.05) is 33.6 Å². The zero-order valence-corrected chi connectivity index (χ0v) is 30.6. The highest BCUT2D eigenvalue weighted by atomic mass is 79.9. The molecule has 0 bridgehead atoms. The summed E-state index contributed by atoms with van der Waals surface area (Å²) >= 11 is 9.57. The molecule has 2 heterocycles. The van der Waals surface area contributed by atoms with Crippen LogP contribution in [0.15, 0.2) is 70.1 Å². The van der Waals surface area contributed by atoms with E-state index >= 15 is 8.78 Å². The number of benzene rings is 3. The zero-order chi connectivity index (χ0) is 38.8. The lowest BCUT2D eigenvalue weighted by Gasteiger charge is -2.34. The van der Waals surface area contributed by atoms with Gasteiger partial charge in [0.15, 0.2) is 0 Å². The van der Waals surface area contributed by atoms with Crippen molar-refractivity contribution in [2.24, 2.45) is 0 Å². The van der Waals surface area contributed by atoms with Crippen molar-refractivity contribution >= 4 is 39.4 Å². The number of hydrogen-bond donors (Lipinski definition) is 2. The van der Waals surface area contributed by atoms with Crippen molar-refractivity contribution in [3.05, 3.63) is 120 Å². The Balaban J connectivity index is 1.65. The van der Waals surface area contributed by atoms with Gasteiger partial charge >= 0.3 is 12.1 Å². The molecule has 3 aromatic carbocycles. The summed E-state index contributed by atoms with van der Waals surface area (Å²) in [7, 11) is 0. The Hall–Kier alpha value is -4.34. The van der Waals surface area contributed by atoms with Crippen LogP contribution in [0, 0.1) is 18.6 Å². The van der Waals surface area contributed by atoms with E-state index in [1.54, 1.807) is 4.90 Å². The molecule has 1 saturated heterocycles. The maximum atomic E-state index is 16.0. The van der Waals surface area contributed by atoms with Crippen LogP contribution in [0.1, 0.15) is 53.2 Å². The molecule has 53 heavy (non-hydrogen) atoms. The van der Waals surface area contributed by atoms with Gasteiger partial charge in [-0.25, -0.2) is 13.2 Å². The average molecular weight is 829 g/mol. The molecule has 1 amide bonds. The monoisotopic (exact) mass is 827 g/mol. The van der Waals surface area contributed by atoms with Crippen LogP contribution in [-0.4, -0.2) is 58.9 Å². The third-order valence-electron chi connectivity index (χ3n) is 8.79. The van der Waals surface area contributed by atoms with Crippen molar-refractivity contribution in [1.82, 2.24) is 14.8 Å². The van der Waals surface area contributed by atoms with Crippen LogP contribution in [-0.2, 0) is 26.9 Å². The average Bonchev–Trinajstić information content (AvgIpc) is 3.06. The standard InChI is InChI=1S/C37H33BrClF6N3O5/c1-3-53-32(51)15-29(25-12-21(11-19(2)34(25)42)33-27(39)5-4-6-30(33)49)46-36(52)35(24-13-22(38)7-8-28(24)41)48-16-20(9-10-47-17-23(40)18-47)26(14-31(48)50)37(43,44)45/h4-8,11-14,16,23,29,35,49H,3,9-10,15,17-18H2,1-2H3,(H,46,52)/t29-,35?/m0/s1. The number of amides is 1. The van der Waals surface area contributed by atoms with Crippen molar-refractivity contribution in [2.75, 3.05) is 26.2 Å². The van der Waals surface area contributed by atoms with Crippen LogP contribution in [0.25, 0.3) is 11.1 Å². The van der Waals surface area contributed by atoms with Gasteiger partial charge in [0.05, 0.1) is 29.7 Å². The van der Waals surface area contributed by atoms with Crippen molar-refractivity contribution in [3.63, 3.8) is 0 Å². The minimum absolute atomic E-state index is 0.00137. The van der Waals surface area contributed by atoms with E-state index in [0.29, 0.717) is 10.6 Å². The molecule has 282 valence electrons. The van der Waals surface area contributed by atoms with E-state index < -0.39 is 76.6 Å². The van der Waals surface area contributed by atoms with Gasteiger partial charge in [0.25, 0.3) is 5.56 Å². The lowest BCUT2D eigenvalue weighted by atomic mass is 9.93. The highest BCUT2D eigenvalue weighted by Crippen LogP contribution is 2.39. The second-order valence-corrected chi connectivity index (χ2v) is 13.9. The number of phenolic OH excluding ortho intramolecular Hbond substituents is 1. The fourth-order valence-electron chi connectivity index (χ4n) is 6.24. The molecule has 8 nitrogen and oxygen atoms in total. The number of carbonyl (C=O) groups excluding carboxylic acids is 2. The molecular formula is C37H33BrClF6N3O5. The summed E-state index contributed by atoms with van der Waals surface area (Å²) in [4.78, 5) is 42.4. The van der Waals surface area contributed by atoms with Crippen molar-refractivity contribution in [2.45, 2.75) is 51.1 Å². The van der Waals surface area contributed by atoms with Crippen LogP contribution in [0.2, 0.25) is 5.02 Å². The Labute approximate surface area is 313 Å². The van der Waals surface area contributed by atoms with Crippen LogP contribution in [0.4, 0.5) is 26.3 Å². The second-order valence-electron chi connectivity index (χ2n) is 12.5. The summed E-state index contributed by atoms with van der Waals surface area (Å²) in [6.07, 6.45) is -6.25. The number of esters is 1. The van der Waals surface area contributed by atoms with Gasteiger partial charge in [0.2, 0.25) is 5.91 Å². The van der Waals surface area contributed by atoms with Gasteiger partial charge < -0.3 is 15.2 Å². The second kappa shape index (κ2) is 16.4. The first-order valence-corrected chi connectivity index (χ1v) is 17.5. The van der Waals surface area contributed by atoms with Gasteiger partial charge in [-0.3, -0.25) is 23.9 Å². The molecule has 1 aromatic heterocycles. The third-order valence-corrected chi connectivity index (χ3v) is 9.60. The molecule has 1 aliphatic heterocycles. The summed E-state index contributed by atoms with van der Waals surface area (Å²) in [5.74, 6) is -4.18. The molecule has 2 atom stereocenters. The Kier molecular flexibility index (Phi) is 12.3. The number of carbonyl (C=O) groups is 2. The molecule has 1 unspecified atom stereocenters. The number of nitrogens with one attached hydrogen (secondary N) is 1. The number of alkyl halides is 4. The fraction of sp³-hybridized carbons (Fsp3) is 0.324.